The Hall–Kier alpha value is -7.37. The highest BCUT2D eigenvalue weighted by atomic mass is 16.5. The van der Waals surface area contributed by atoms with E-state index in [0.717, 1.165) is 44.3 Å². The van der Waals surface area contributed by atoms with Crippen LogP contribution in [0.2, 0.25) is 0 Å². The number of aliphatic carboxylic acids is 3. The van der Waals surface area contributed by atoms with Gasteiger partial charge in [0.15, 0.2) is 5.69 Å². The second kappa shape index (κ2) is 43.1. The number of hydrogen-bond acceptors (Lipinski definition) is 20. The van der Waals surface area contributed by atoms with Gasteiger partial charge in [0.2, 0.25) is 5.91 Å². The van der Waals surface area contributed by atoms with Crippen LogP contribution in [-0.4, -0.2) is 297 Å². The van der Waals surface area contributed by atoms with Crippen molar-refractivity contribution in [3.05, 3.63) is 71.6 Å². The Kier molecular flexibility index (Phi) is 35.7. The molecule has 1 saturated carbocycles. The number of amides is 3. The predicted molar refractivity (Wildman–Crippen MR) is 366 cm³/mol. The fourth-order valence-corrected chi connectivity index (χ4v) is 12.1. The van der Waals surface area contributed by atoms with Crippen molar-refractivity contribution in [2.45, 2.75) is 109 Å². The lowest BCUT2D eigenvalue weighted by Crippen LogP contribution is -2.48. The van der Waals surface area contributed by atoms with E-state index in [1.54, 1.807) is 68.7 Å². The zero-order valence-electron chi connectivity index (χ0n) is 58.4. The second-order valence-electron chi connectivity index (χ2n) is 25.6. The number of carbonyl (C=O) groups excluding carboxylic acids is 5. The van der Waals surface area contributed by atoms with Crippen LogP contribution in [0, 0.1) is 5.92 Å². The van der Waals surface area contributed by atoms with Crippen molar-refractivity contribution in [3.63, 3.8) is 0 Å². The van der Waals surface area contributed by atoms with Crippen molar-refractivity contribution in [1.82, 2.24) is 49.4 Å². The molecule has 3 aromatic rings. The topological polar surface area (TPSA) is 316 Å². The van der Waals surface area contributed by atoms with Crippen molar-refractivity contribution in [3.8, 4) is 28.4 Å². The molecule has 5 rings (SSSR count). The molecule has 1 aliphatic heterocycles. The quantitative estimate of drug-likeness (QED) is 0.0336. The number of hydrogen-bond donors (Lipinski definition) is 5. The van der Waals surface area contributed by atoms with E-state index in [-0.39, 0.29) is 98.7 Å². The molecule has 0 spiro atoms. The number of aliphatic hydroxyl groups excluding tert-OH is 1. The van der Waals surface area contributed by atoms with E-state index in [1.807, 2.05) is 42.8 Å². The van der Waals surface area contributed by atoms with Gasteiger partial charge in [0.05, 0.1) is 96.1 Å². The number of rotatable bonds is 43. The fourth-order valence-electron chi connectivity index (χ4n) is 12.1. The third kappa shape index (κ3) is 28.6. The average molecular weight is 1360 g/mol. The highest BCUT2D eigenvalue weighted by Gasteiger charge is 2.33. The zero-order chi connectivity index (χ0) is 70.8. The van der Waals surface area contributed by atoms with Gasteiger partial charge in [-0.05, 0) is 112 Å². The summed E-state index contributed by atoms with van der Waals surface area (Å²) in [6.07, 6.45) is 7.94. The van der Waals surface area contributed by atoms with Crippen molar-refractivity contribution in [1.29, 1.82) is 0 Å². The summed E-state index contributed by atoms with van der Waals surface area (Å²) in [5.41, 5.74) is 2.93. The molecule has 2 aliphatic rings. The van der Waals surface area contributed by atoms with E-state index in [1.165, 1.54) is 14.2 Å². The first-order valence-corrected chi connectivity index (χ1v) is 34.1. The Balaban J connectivity index is 0.939. The van der Waals surface area contributed by atoms with Crippen LogP contribution < -0.4 is 14.8 Å². The van der Waals surface area contributed by atoms with Gasteiger partial charge in [0, 0.05) is 117 Å². The maximum absolute atomic E-state index is 14.0. The van der Waals surface area contributed by atoms with Crippen molar-refractivity contribution >= 4 is 47.2 Å². The van der Waals surface area contributed by atoms with E-state index in [4.69, 9.17) is 28.8 Å². The van der Waals surface area contributed by atoms with Crippen molar-refractivity contribution in [2.24, 2.45) is 5.92 Å². The van der Waals surface area contributed by atoms with Gasteiger partial charge < -0.3 is 64.1 Å². The van der Waals surface area contributed by atoms with Crippen LogP contribution in [0.25, 0.3) is 16.9 Å². The molecule has 3 amide bonds. The summed E-state index contributed by atoms with van der Waals surface area (Å²) >= 11 is 0. The zero-order valence-corrected chi connectivity index (χ0v) is 58.4. The lowest BCUT2D eigenvalue weighted by Gasteiger charge is -2.33. The van der Waals surface area contributed by atoms with E-state index in [9.17, 15) is 58.8 Å². The van der Waals surface area contributed by atoms with Crippen LogP contribution in [0.4, 0.5) is 0 Å². The molecule has 1 aliphatic carbocycles. The van der Waals surface area contributed by atoms with Gasteiger partial charge in [-0.1, -0.05) is 45.8 Å². The van der Waals surface area contributed by atoms with Gasteiger partial charge >= 0.3 is 17.9 Å². The number of carbonyl (C=O) groups is 8. The molecule has 97 heavy (non-hydrogen) atoms. The maximum Gasteiger partial charge on any atom is 0.326 e. The summed E-state index contributed by atoms with van der Waals surface area (Å²) in [5.74, 6) is -3.27. The number of aliphatic hydroxyl groups is 1. The van der Waals surface area contributed by atoms with Crippen molar-refractivity contribution < 1.29 is 82.5 Å². The number of nitrogens with zero attached hydrogens (tertiary/aromatic N) is 9. The van der Waals surface area contributed by atoms with Gasteiger partial charge in [-0.15, -0.1) is 0 Å². The maximum atomic E-state index is 14.0. The van der Waals surface area contributed by atoms with Gasteiger partial charge in [-0.25, -0.2) is 9.48 Å². The second-order valence-corrected chi connectivity index (χ2v) is 25.6. The molecule has 2 aromatic carbocycles. The summed E-state index contributed by atoms with van der Waals surface area (Å²) < 4.78 is 30.1. The van der Waals surface area contributed by atoms with Gasteiger partial charge in [-0.3, -0.25) is 53.2 Å². The van der Waals surface area contributed by atoms with Crippen LogP contribution in [0.15, 0.2) is 54.8 Å². The number of ether oxygens (including phenoxy) is 5. The molecular formula is C70H108N10O17. The number of carboxylic acids is 3. The number of Topliss-reactive ketones (excluding diaryl/α,β-unsaturated/α-hetero) is 2. The Labute approximate surface area is 571 Å². The predicted octanol–water partition coefficient (Wildman–Crippen LogP) is 5.68. The Morgan fingerprint density at radius 2 is 1.13 bits per heavy atom. The lowest BCUT2D eigenvalue weighted by molar-refractivity contribution is -0.141. The minimum absolute atomic E-state index is 0.0166. The fraction of sp³-hybridized carbons (Fsp3) is 0.643. The smallest absolute Gasteiger partial charge is 0.326 e. The largest absolute Gasteiger partial charge is 0.512 e. The van der Waals surface area contributed by atoms with Crippen LogP contribution >= 0.6 is 0 Å². The number of benzene rings is 2. The molecule has 0 radical (unpaired) electrons. The summed E-state index contributed by atoms with van der Waals surface area (Å²) in [7, 11) is 8.62. The van der Waals surface area contributed by atoms with Crippen LogP contribution in [0.5, 0.6) is 11.5 Å². The van der Waals surface area contributed by atoms with Crippen LogP contribution in [0.1, 0.15) is 130 Å². The van der Waals surface area contributed by atoms with E-state index in [2.05, 4.69) is 16.8 Å². The van der Waals surface area contributed by atoms with E-state index >= 15 is 0 Å². The molecule has 0 unspecified atom stereocenters. The number of nitrogens with one attached hydrogen (secondary N) is 1. The molecule has 27 heteroatoms. The Morgan fingerprint density at radius 3 is 1.67 bits per heavy atom. The summed E-state index contributed by atoms with van der Waals surface area (Å²) in [6, 6.07) is 11.3. The number of ketones is 2. The number of unbranched alkanes of at least 4 members (excludes halogenated alkanes) is 1. The van der Waals surface area contributed by atoms with Gasteiger partial charge in [-0.2, -0.15) is 5.10 Å². The molecular weight excluding hydrogens is 1250 g/mol. The van der Waals surface area contributed by atoms with Crippen LogP contribution in [-0.2, 0) is 43.0 Å². The molecule has 2 heterocycles. The van der Waals surface area contributed by atoms with Gasteiger partial charge in [0.1, 0.15) is 29.1 Å². The average Bonchev–Trinajstić information content (AvgIpc) is 1.65. The molecule has 1 atom stereocenters. The molecule has 540 valence electrons. The highest BCUT2D eigenvalue weighted by molar-refractivity contribution is 5.97. The summed E-state index contributed by atoms with van der Waals surface area (Å²) in [5, 5.41) is 46.6. The van der Waals surface area contributed by atoms with Gasteiger partial charge in [0.25, 0.3) is 11.8 Å². The third-order valence-corrected chi connectivity index (χ3v) is 17.6. The molecule has 1 aromatic heterocycles. The van der Waals surface area contributed by atoms with Crippen molar-refractivity contribution in [2.75, 3.05) is 180 Å². The monoisotopic (exact) mass is 1360 g/mol. The first-order chi connectivity index (χ1) is 46.5. The molecule has 27 nitrogen and oxygen atoms in total. The number of aromatic nitrogens is 2. The minimum atomic E-state index is -1.08. The van der Waals surface area contributed by atoms with Crippen LogP contribution in [0.3, 0.4) is 0 Å². The van der Waals surface area contributed by atoms with E-state index in [0.29, 0.717) is 171 Å². The summed E-state index contributed by atoms with van der Waals surface area (Å²) in [6.45, 7) is 15.3. The first-order valence-electron chi connectivity index (χ1n) is 34.1. The standard InChI is InChI=1S/C70H108N10O17/c1-51(2)57-45-54(22-24-59(57)80-60(66-61(93-7)20-14-21-62(66)94-8)46-58(72-80)68(89)71-67(70(91)92)53-17-10-9-11-18-53)69(90)75(6)30-16-28-73(4)27-15-29-74(5)63(84)25-23-55(82)19-12-13-39-95-41-43-97-44-42-96-40-26-56(83)48-77-33-31-76(47-52(3)81)32-35-78(49-64(85)86)37-38-79(36-34-77)50-65(87)88/h14,20-22,24,45-46,51,53,67,81H,3,9-13,15-19,23,25-44,47-50H2,1-2,4-8H3,(H,71,89)(H,85,86)(H,87,88)(H,91,92)/t67-/m0/s1. The highest BCUT2D eigenvalue weighted by Crippen LogP contribution is 2.41. The number of methoxy groups -OCH3 is 2. The molecule has 2 fully saturated rings. The normalized spacial score (nSPS) is 15.3. The summed E-state index contributed by atoms with van der Waals surface area (Å²) in [4.78, 5) is 115. The molecule has 0 bridgehead atoms. The Morgan fingerprint density at radius 1 is 0.598 bits per heavy atom. The first kappa shape index (κ1) is 80.3. The SMILES string of the molecule is C=C(O)CN1CCN(CC(=O)O)CCN(CC(=O)O)CCN(CC(=O)CCOCCOCCOCCCCC(=O)CCC(=O)N(C)CCCN(C)CCCN(C)C(=O)c2ccc(-n3nc(C(=O)N[C@H](C(=O)O)C4CCCCC4)cc3-c3c(OC)cccc3OC)c(C(C)C)c2)CC1. The lowest BCUT2D eigenvalue weighted by atomic mass is 9.84. The molecule has 1 saturated heterocycles. The minimum Gasteiger partial charge on any atom is -0.512 e. The Bertz CT molecular complexity index is 2950. The third-order valence-electron chi connectivity index (χ3n) is 17.6. The molecule has 5 N–H and O–H groups in total. The van der Waals surface area contributed by atoms with E-state index < -0.39 is 29.9 Å². The number of carboxylic acid groups (broad SMARTS) is 3.